The lowest BCUT2D eigenvalue weighted by atomic mass is 10.3. The second-order valence-corrected chi connectivity index (χ2v) is 5.93. The molecule has 7 heteroatoms. The molecule has 1 amide bonds. The maximum absolute atomic E-state index is 11.7. The fourth-order valence-electron chi connectivity index (χ4n) is 1.84. The zero-order chi connectivity index (χ0) is 13.2. The van der Waals surface area contributed by atoms with Crippen LogP contribution in [0.4, 0.5) is 5.69 Å². The number of carbonyl (C=O) groups excluding carboxylic acids is 1. The number of hydrogen-bond donors (Lipinski definition) is 1. The second kappa shape index (κ2) is 4.95. The van der Waals surface area contributed by atoms with E-state index in [0.717, 1.165) is 5.69 Å². The minimum absolute atomic E-state index is 0.0810. The molecule has 0 spiro atoms. The van der Waals surface area contributed by atoms with Gasteiger partial charge in [0, 0.05) is 12.2 Å². The van der Waals surface area contributed by atoms with E-state index in [-0.39, 0.29) is 24.7 Å². The minimum Gasteiger partial charge on any atom is -0.344 e. The van der Waals surface area contributed by atoms with Crippen LogP contribution in [0.2, 0.25) is 0 Å². The molecule has 1 aliphatic heterocycles. The molecule has 1 aliphatic rings. The van der Waals surface area contributed by atoms with Crippen molar-refractivity contribution < 1.29 is 13.2 Å². The third-order valence-corrected chi connectivity index (χ3v) is 3.54. The fourth-order valence-corrected chi connectivity index (χ4v) is 2.32. The second-order valence-electron chi connectivity index (χ2n) is 4.20. The third-order valence-electron chi connectivity index (χ3n) is 2.79. The van der Waals surface area contributed by atoms with Gasteiger partial charge in [-0.25, -0.2) is 13.6 Å². The lowest BCUT2D eigenvalue weighted by Crippen LogP contribution is -2.34. The van der Waals surface area contributed by atoms with Crippen LogP contribution in [-0.2, 0) is 14.8 Å². The number of anilines is 1. The highest BCUT2D eigenvalue weighted by atomic mass is 32.2. The maximum atomic E-state index is 11.7. The monoisotopic (exact) mass is 269 g/mol. The first-order valence-corrected chi connectivity index (χ1v) is 7.25. The van der Waals surface area contributed by atoms with Crippen molar-refractivity contribution in [2.24, 2.45) is 5.14 Å². The highest BCUT2D eigenvalue weighted by molar-refractivity contribution is 7.89. The van der Waals surface area contributed by atoms with Gasteiger partial charge in [0.15, 0.2) is 0 Å². The summed E-state index contributed by atoms with van der Waals surface area (Å²) in [4.78, 5) is 15.1. The number of para-hydroxylation sites is 1. The van der Waals surface area contributed by atoms with E-state index < -0.39 is 10.0 Å². The molecule has 2 N–H and O–H groups in total. The largest absolute Gasteiger partial charge is 0.344 e. The Morgan fingerprint density at radius 2 is 1.89 bits per heavy atom. The van der Waals surface area contributed by atoms with Crippen LogP contribution in [0.15, 0.2) is 30.3 Å². The SMILES string of the molecule is NS(=O)(=O)CCN1CN(c2ccccc2)CC1=O. The summed E-state index contributed by atoms with van der Waals surface area (Å²) in [6.07, 6.45) is 0. The predicted octanol–water partition coefficient (Wildman–Crippen LogP) is -0.419. The zero-order valence-corrected chi connectivity index (χ0v) is 10.6. The van der Waals surface area contributed by atoms with Gasteiger partial charge in [0.1, 0.15) is 0 Å². The Kier molecular flexibility index (Phi) is 3.53. The topological polar surface area (TPSA) is 83.7 Å². The van der Waals surface area contributed by atoms with E-state index in [4.69, 9.17) is 5.14 Å². The van der Waals surface area contributed by atoms with Crippen molar-refractivity contribution in [3.8, 4) is 0 Å². The van der Waals surface area contributed by atoms with Crippen LogP contribution in [-0.4, -0.2) is 44.7 Å². The lowest BCUT2D eigenvalue weighted by Gasteiger charge is -2.19. The number of carbonyl (C=O) groups is 1. The highest BCUT2D eigenvalue weighted by Crippen LogP contribution is 2.18. The van der Waals surface area contributed by atoms with Gasteiger partial charge in [-0.15, -0.1) is 0 Å². The standard InChI is InChI=1S/C11H15N3O3S/c12-18(16,17)7-6-13-9-14(8-11(13)15)10-4-2-1-3-5-10/h1-5H,6-9H2,(H2,12,16,17). The van der Waals surface area contributed by atoms with E-state index in [9.17, 15) is 13.2 Å². The molecular formula is C11H15N3O3S. The van der Waals surface area contributed by atoms with Gasteiger partial charge in [-0.05, 0) is 12.1 Å². The first-order chi connectivity index (χ1) is 8.46. The van der Waals surface area contributed by atoms with E-state index in [1.807, 2.05) is 35.2 Å². The van der Waals surface area contributed by atoms with Crippen LogP contribution in [0.25, 0.3) is 0 Å². The molecule has 1 saturated heterocycles. The van der Waals surface area contributed by atoms with E-state index >= 15 is 0 Å². The molecule has 0 atom stereocenters. The summed E-state index contributed by atoms with van der Waals surface area (Å²) in [5.41, 5.74) is 0.948. The summed E-state index contributed by atoms with van der Waals surface area (Å²) in [5, 5.41) is 4.93. The number of hydrogen-bond acceptors (Lipinski definition) is 4. The summed E-state index contributed by atoms with van der Waals surface area (Å²) < 4.78 is 21.7. The third kappa shape index (κ3) is 3.21. The first kappa shape index (κ1) is 12.8. The molecule has 1 aromatic rings. The average Bonchev–Trinajstić information content (AvgIpc) is 2.68. The lowest BCUT2D eigenvalue weighted by molar-refractivity contribution is -0.126. The van der Waals surface area contributed by atoms with Crippen LogP contribution in [0, 0.1) is 0 Å². The Morgan fingerprint density at radius 3 is 2.50 bits per heavy atom. The van der Waals surface area contributed by atoms with Gasteiger partial charge in [0.25, 0.3) is 0 Å². The number of sulfonamides is 1. The number of benzene rings is 1. The molecule has 2 rings (SSSR count). The predicted molar refractivity (Wildman–Crippen MR) is 68.3 cm³/mol. The van der Waals surface area contributed by atoms with Gasteiger partial charge >= 0.3 is 0 Å². The molecule has 0 aliphatic carbocycles. The van der Waals surface area contributed by atoms with Gasteiger partial charge in [0.2, 0.25) is 15.9 Å². The van der Waals surface area contributed by atoms with Crippen molar-refractivity contribution in [3.63, 3.8) is 0 Å². The molecule has 1 fully saturated rings. The van der Waals surface area contributed by atoms with Crippen LogP contribution >= 0.6 is 0 Å². The van der Waals surface area contributed by atoms with E-state index in [1.54, 1.807) is 0 Å². The van der Waals surface area contributed by atoms with Crippen molar-refractivity contribution >= 4 is 21.6 Å². The molecule has 0 aromatic heterocycles. The summed E-state index contributed by atoms with van der Waals surface area (Å²) >= 11 is 0. The molecule has 1 heterocycles. The van der Waals surface area contributed by atoms with E-state index in [1.165, 1.54) is 4.90 Å². The molecule has 0 unspecified atom stereocenters. The summed E-state index contributed by atoms with van der Waals surface area (Å²) in [7, 11) is -3.53. The van der Waals surface area contributed by atoms with Crippen LogP contribution < -0.4 is 10.0 Å². The highest BCUT2D eigenvalue weighted by Gasteiger charge is 2.27. The van der Waals surface area contributed by atoms with Crippen molar-refractivity contribution in [3.05, 3.63) is 30.3 Å². The number of nitrogens with zero attached hydrogens (tertiary/aromatic N) is 2. The van der Waals surface area contributed by atoms with Gasteiger partial charge in [-0.1, -0.05) is 18.2 Å². The number of nitrogens with two attached hydrogens (primary N) is 1. The maximum Gasteiger partial charge on any atom is 0.243 e. The zero-order valence-electron chi connectivity index (χ0n) is 9.82. The number of primary sulfonamides is 1. The van der Waals surface area contributed by atoms with E-state index in [2.05, 4.69) is 0 Å². The fraction of sp³-hybridized carbons (Fsp3) is 0.364. The van der Waals surface area contributed by atoms with Gasteiger partial charge < -0.3 is 9.80 Å². The Bertz CT molecular complexity index is 530. The van der Waals surface area contributed by atoms with Crippen molar-refractivity contribution in [2.45, 2.75) is 0 Å². The molecule has 98 valence electrons. The first-order valence-electron chi connectivity index (χ1n) is 5.54. The molecule has 1 aromatic carbocycles. The summed E-state index contributed by atoms with van der Waals surface area (Å²) in [6, 6.07) is 9.52. The quantitative estimate of drug-likeness (QED) is 0.804. The normalized spacial score (nSPS) is 16.4. The van der Waals surface area contributed by atoms with Crippen molar-refractivity contribution in [1.82, 2.24) is 4.90 Å². The Hall–Kier alpha value is -1.60. The van der Waals surface area contributed by atoms with E-state index in [0.29, 0.717) is 6.67 Å². The summed E-state index contributed by atoms with van der Waals surface area (Å²) in [5.74, 6) is -0.288. The Labute approximate surface area is 106 Å². The molecule has 18 heavy (non-hydrogen) atoms. The molecule has 6 nitrogen and oxygen atoms in total. The van der Waals surface area contributed by atoms with Gasteiger partial charge in [0.05, 0.1) is 19.0 Å². The molecular weight excluding hydrogens is 254 g/mol. The Morgan fingerprint density at radius 1 is 1.22 bits per heavy atom. The van der Waals surface area contributed by atoms with Crippen LogP contribution in [0.3, 0.4) is 0 Å². The van der Waals surface area contributed by atoms with Crippen LogP contribution in [0.1, 0.15) is 0 Å². The van der Waals surface area contributed by atoms with Crippen molar-refractivity contribution in [1.29, 1.82) is 0 Å². The summed E-state index contributed by atoms with van der Waals surface area (Å²) in [6.45, 7) is 0.813. The van der Waals surface area contributed by atoms with Crippen molar-refractivity contribution in [2.75, 3.05) is 30.4 Å². The Balaban J connectivity index is 1.99. The minimum atomic E-state index is -3.53. The molecule has 0 radical (unpaired) electrons. The van der Waals surface area contributed by atoms with Gasteiger partial charge in [-0.3, -0.25) is 4.79 Å². The number of amides is 1. The number of rotatable bonds is 4. The van der Waals surface area contributed by atoms with Gasteiger partial charge in [-0.2, -0.15) is 0 Å². The average molecular weight is 269 g/mol. The molecule has 0 bridgehead atoms. The van der Waals surface area contributed by atoms with Crippen LogP contribution in [0.5, 0.6) is 0 Å². The smallest absolute Gasteiger partial charge is 0.243 e. The molecule has 0 saturated carbocycles.